The van der Waals surface area contributed by atoms with Gasteiger partial charge in [-0.2, -0.15) is 0 Å². The van der Waals surface area contributed by atoms with Crippen LogP contribution in [0.5, 0.6) is 0 Å². The normalized spacial score (nSPS) is 18.2. The third-order valence-corrected chi connectivity index (χ3v) is 4.58. The topological polar surface area (TPSA) is 12.0 Å². The average Bonchev–Trinajstić information content (AvgIpc) is 2.17. The van der Waals surface area contributed by atoms with Gasteiger partial charge in [-0.15, -0.1) is 0 Å². The summed E-state index contributed by atoms with van der Waals surface area (Å²) < 4.78 is 1.21. The average molecular weight is 282 g/mol. The second-order valence-corrected chi connectivity index (χ2v) is 5.80. The molecule has 88 valence electrons. The van der Waals surface area contributed by atoms with Gasteiger partial charge in [-0.25, -0.2) is 0 Å². The van der Waals surface area contributed by atoms with E-state index in [2.05, 4.69) is 53.3 Å². The van der Waals surface area contributed by atoms with Crippen LogP contribution in [0, 0.1) is 12.8 Å². The highest BCUT2D eigenvalue weighted by molar-refractivity contribution is 9.10. The number of benzene rings is 1. The van der Waals surface area contributed by atoms with Gasteiger partial charge in [0.25, 0.3) is 0 Å². The summed E-state index contributed by atoms with van der Waals surface area (Å²) in [6.45, 7) is 5.42. The molecule has 1 fully saturated rings. The van der Waals surface area contributed by atoms with Crippen LogP contribution in [0.3, 0.4) is 0 Å². The highest BCUT2D eigenvalue weighted by atomic mass is 79.9. The summed E-state index contributed by atoms with van der Waals surface area (Å²) in [5.74, 6) is 0.911. The number of hydrogen-bond acceptors (Lipinski definition) is 1. The van der Waals surface area contributed by atoms with Crippen LogP contribution in [-0.2, 0) is 6.54 Å². The van der Waals surface area contributed by atoms with E-state index in [4.69, 9.17) is 0 Å². The molecule has 1 aromatic rings. The Morgan fingerprint density at radius 3 is 2.75 bits per heavy atom. The first-order chi connectivity index (χ1) is 7.66. The summed E-state index contributed by atoms with van der Waals surface area (Å²) in [4.78, 5) is 0. The molecule has 2 heteroatoms. The van der Waals surface area contributed by atoms with E-state index in [1.165, 1.54) is 34.9 Å². The molecule has 1 atom stereocenters. The molecule has 1 aromatic carbocycles. The molecular formula is C14H20BrN. The van der Waals surface area contributed by atoms with Gasteiger partial charge in [0, 0.05) is 17.1 Å². The van der Waals surface area contributed by atoms with Crippen LogP contribution in [0.4, 0.5) is 0 Å². The SMILES string of the molecule is Cc1ccc(CNC(C)C2CCC2)cc1Br. The zero-order valence-corrected chi connectivity index (χ0v) is 11.7. The van der Waals surface area contributed by atoms with Crippen molar-refractivity contribution in [2.45, 2.75) is 45.7 Å². The molecule has 0 heterocycles. The molecule has 0 radical (unpaired) electrons. The van der Waals surface area contributed by atoms with Crippen LogP contribution in [-0.4, -0.2) is 6.04 Å². The first-order valence-corrected chi connectivity index (χ1v) is 6.94. The van der Waals surface area contributed by atoms with E-state index in [1.54, 1.807) is 0 Å². The molecule has 0 saturated heterocycles. The van der Waals surface area contributed by atoms with Gasteiger partial charge < -0.3 is 5.32 Å². The van der Waals surface area contributed by atoms with E-state index in [-0.39, 0.29) is 0 Å². The van der Waals surface area contributed by atoms with E-state index in [1.807, 2.05) is 0 Å². The van der Waals surface area contributed by atoms with Gasteiger partial charge in [0.15, 0.2) is 0 Å². The second kappa shape index (κ2) is 5.33. The molecule has 0 aromatic heterocycles. The van der Waals surface area contributed by atoms with Crippen molar-refractivity contribution in [3.8, 4) is 0 Å². The zero-order valence-electron chi connectivity index (χ0n) is 10.1. The zero-order chi connectivity index (χ0) is 11.5. The lowest BCUT2D eigenvalue weighted by molar-refractivity contribution is 0.240. The summed E-state index contributed by atoms with van der Waals surface area (Å²) in [6.07, 6.45) is 4.24. The van der Waals surface area contributed by atoms with Gasteiger partial charge in [-0.05, 0) is 49.8 Å². The highest BCUT2D eigenvalue weighted by Gasteiger charge is 2.23. The van der Waals surface area contributed by atoms with Crippen LogP contribution in [0.1, 0.15) is 37.3 Å². The predicted molar refractivity (Wildman–Crippen MR) is 72.5 cm³/mol. The number of rotatable bonds is 4. The molecule has 16 heavy (non-hydrogen) atoms. The molecule has 1 aliphatic rings. The Balaban J connectivity index is 1.86. The van der Waals surface area contributed by atoms with Crippen molar-refractivity contribution in [1.82, 2.24) is 5.32 Å². The first-order valence-electron chi connectivity index (χ1n) is 6.15. The fourth-order valence-electron chi connectivity index (χ4n) is 2.13. The lowest BCUT2D eigenvalue weighted by Gasteiger charge is -2.32. The first kappa shape index (κ1) is 12.1. The number of aryl methyl sites for hydroxylation is 1. The van der Waals surface area contributed by atoms with Crippen molar-refractivity contribution < 1.29 is 0 Å². The number of halogens is 1. The van der Waals surface area contributed by atoms with Gasteiger partial charge in [0.2, 0.25) is 0 Å². The molecule has 1 N–H and O–H groups in total. The summed E-state index contributed by atoms with van der Waals surface area (Å²) in [7, 11) is 0. The summed E-state index contributed by atoms with van der Waals surface area (Å²) >= 11 is 3.58. The van der Waals surface area contributed by atoms with Crippen LogP contribution in [0.25, 0.3) is 0 Å². The fourth-order valence-corrected chi connectivity index (χ4v) is 2.56. The molecule has 0 amide bonds. The Labute approximate surface area is 107 Å². The van der Waals surface area contributed by atoms with Crippen LogP contribution in [0.2, 0.25) is 0 Å². The van der Waals surface area contributed by atoms with Crippen molar-refractivity contribution in [3.05, 3.63) is 33.8 Å². The maximum Gasteiger partial charge on any atom is 0.0208 e. The Morgan fingerprint density at radius 2 is 2.19 bits per heavy atom. The van der Waals surface area contributed by atoms with Crippen LogP contribution < -0.4 is 5.32 Å². The quantitative estimate of drug-likeness (QED) is 0.879. The molecule has 1 aliphatic carbocycles. The molecule has 2 rings (SSSR count). The predicted octanol–water partition coefficient (Wildman–Crippen LogP) is 4.04. The van der Waals surface area contributed by atoms with Crippen molar-refractivity contribution in [3.63, 3.8) is 0 Å². The Morgan fingerprint density at radius 1 is 1.44 bits per heavy atom. The Bertz CT molecular complexity index is 358. The van der Waals surface area contributed by atoms with E-state index >= 15 is 0 Å². The third-order valence-electron chi connectivity index (χ3n) is 3.72. The van der Waals surface area contributed by atoms with Gasteiger partial charge in [-0.1, -0.05) is 34.5 Å². The second-order valence-electron chi connectivity index (χ2n) is 4.94. The van der Waals surface area contributed by atoms with E-state index in [9.17, 15) is 0 Å². The minimum atomic E-state index is 0.661. The fraction of sp³-hybridized carbons (Fsp3) is 0.571. The van der Waals surface area contributed by atoms with E-state index < -0.39 is 0 Å². The highest BCUT2D eigenvalue weighted by Crippen LogP contribution is 2.29. The van der Waals surface area contributed by atoms with Gasteiger partial charge in [0.05, 0.1) is 0 Å². The largest absolute Gasteiger partial charge is 0.310 e. The van der Waals surface area contributed by atoms with Crippen molar-refractivity contribution >= 4 is 15.9 Å². The maximum absolute atomic E-state index is 3.63. The smallest absolute Gasteiger partial charge is 0.0208 e. The Hall–Kier alpha value is -0.340. The van der Waals surface area contributed by atoms with Crippen LogP contribution in [0.15, 0.2) is 22.7 Å². The van der Waals surface area contributed by atoms with Gasteiger partial charge >= 0.3 is 0 Å². The van der Waals surface area contributed by atoms with Gasteiger partial charge in [0.1, 0.15) is 0 Å². The van der Waals surface area contributed by atoms with Crippen molar-refractivity contribution in [2.24, 2.45) is 5.92 Å². The minimum Gasteiger partial charge on any atom is -0.310 e. The number of nitrogens with one attached hydrogen (secondary N) is 1. The standard InChI is InChI=1S/C14H20BrN/c1-10-6-7-12(8-14(10)15)9-16-11(2)13-4-3-5-13/h6-8,11,13,16H,3-5,9H2,1-2H3. The lowest BCUT2D eigenvalue weighted by Crippen LogP contribution is -2.36. The summed E-state index contributed by atoms with van der Waals surface area (Å²) in [5.41, 5.74) is 2.67. The van der Waals surface area contributed by atoms with Crippen molar-refractivity contribution in [2.75, 3.05) is 0 Å². The molecule has 0 spiro atoms. The maximum atomic E-state index is 3.63. The van der Waals surface area contributed by atoms with E-state index in [0.29, 0.717) is 6.04 Å². The summed E-state index contributed by atoms with van der Waals surface area (Å²) in [5, 5.41) is 3.63. The number of hydrogen-bond donors (Lipinski definition) is 1. The van der Waals surface area contributed by atoms with Crippen molar-refractivity contribution in [1.29, 1.82) is 0 Å². The summed E-state index contributed by atoms with van der Waals surface area (Å²) in [6, 6.07) is 7.26. The minimum absolute atomic E-state index is 0.661. The monoisotopic (exact) mass is 281 g/mol. The molecule has 1 saturated carbocycles. The molecule has 1 unspecified atom stereocenters. The van der Waals surface area contributed by atoms with E-state index in [0.717, 1.165) is 12.5 Å². The van der Waals surface area contributed by atoms with Crippen LogP contribution >= 0.6 is 15.9 Å². The molecule has 1 nitrogen and oxygen atoms in total. The Kier molecular flexibility index (Phi) is 4.04. The molecule has 0 bridgehead atoms. The van der Waals surface area contributed by atoms with Gasteiger partial charge in [-0.3, -0.25) is 0 Å². The third kappa shape index (κ3) is 2.86. The molecule has 0 aliphatic heterocycles. The molecular weight excluding hydrogens is 262 g/mol. The lowest BCUT2D eigenvalue weighted by atomic mass is 9.80.